The van der Waals surface area contributed by atoms with Crippen molar-refractivity contribution < 1.29 is 4.42 Å². The fraction of sp³-hybridized carbons (Fsp3) is 0.692. The number of hydrogen-bond acceptors (Lipinski definition) is 2. The van der Waals surface area contributed by atoms with Crippen LogP contribution in [0.5, 0.6) is 0 Å². The van der Waals surface area contributed by atoms with Gasteiger partial charge < -0.3 is 9.73 Å². The summed E-state index contributed by atoms with van der Waals surface area (Å²) in [6, 6.07) is 5.13. The molecule has 0 radical (unpaired) electrons. The van der Waals surface area contributed by atoms with Crippen LogP contribution in [0.2, 0.25) is 0 Å². The Kier molecular flexibility index (Phi) is 2.32. The van der Waals surface area contributed by atoms with Crippen LogP contribution in [0.1, 0.15) is 43.6 Å². The van der Waals surface area contributed by atoms with E-state index in [2.05, 4.69) is 24.4 Å². The van der Waals surface area contributed by atoms with Gasteiger partial charge in [-0.05, 0) is 43.9 Å². The number of furan rings is 1. The van der Waals surface area contributed by atoms with Crippen molar-refractivity contribution in [2.24, 2.45) is 5.92 Å². The zero-order valence-corrected chi connectivity index (χ0v) is 9.33. The molecule has 0 aliphatic heterocycles. The molecule has 1 heterocycles. The van der Waals surface area contributed by atoms with Crippen LogP contribution in [-0.4, -0.2) is 12.6 Å². The first kappa shape index (κ1) is 9.46. The van der Waals surface area contributed by atoms with E-state index in [0.717, 1.165) is 24.1 Å². The van der Waals surface area contributed by atoms with E-state index in [0.29, 0.717) is 5.92 Å². The van der Waals surface area contributed by atoms with E-state index in [1.54, 1.807) is 0 Å². The number of hydrogen-bond donors (Lipinski definition) is 1. The molecule has 0 saturated heterocycles. The fourth-order valence-electron chi connectivity index (χ4n) is 2.21. The van der Waals surface area contributed by atoms with Crippen molar-refractivity contribution in [2.75, 3.05) is 6.54 Å². The summed E-state index contributed by atoms with van der Waals surface area (Å²) in [5.74, 6) is 3.89. The van der Waals surface area contributed by atoms with Gasteiger partial charge in [0, 0.05) is 18.4 Å². The molecular weight excluding hydrogens is 186 g/mol. The number of nitrogens with one attached hydrogen (secondary N) is 1. The highest BCUT2D eigenvalue weighted by Gasteiger charge is 2.41. The summed E-state index contributed by atoms with van der Waals surface area (Å²) in [7, 11) is 0. The van der Waals surface area contributed by atoms with Crippen LogP contribution in [0.4, 0.5) is 0 Å². The quantitative estimate of drug-likeness (QED) is 0.799. The van der Waals surface area contributed by atoms with Crippen LogP contribution in [-0.2, 0) is 6.42 Å². The monoisotopic (exact) mass is 205 g/mol. The molecule has 15 heavy (non-hydrogen) atoms. The summed E-state index contributed by atoms with van der Waals surface area (Å²) in [6.07, 6.45) is 5.10. The Bertz CT molecular complexity index is 340. The lowest BCUT2D eigenvalue weighted by Gasteiger charge is -2.00. The first-order valence-electron chi connectivity index (χ1n) is 6.19. The van der Waals surface area contributed by atoms with Gasteiger partial charge in [-0.25, -0.2) is 0 Å². The highest BCUT2D eigenvalue weighted by Crippen LogP contribution is 2.47. The lowest BCUT2D eigenvalue weighted by Crippen LogP contribution is -2.19. The van der Waals surface area contributed by atoms with Crippen LogP contribution in [0, 0.1) is 5.92 Å². The van der Waals surface area contributed by atoms with E-state index in [1.165, 1.54) is 31.6 Å². The second-order valence-corrected chi connectivity index (χ2v) is 4.94. The van der Waals surface area contributed by atoms with Crippen molar-refractivity contribution in [1.82, 2.24) is 5.32 Å². The van der Waals surface area contributed by atoms with Crippen LogP contribution >= 0.6 is 0 Å². The Morgan fingerprint density at radius 1 is 1.40 bits per heavy atom. The molecule has 1 N–H and O–H groups in total. The smallest absolute Gasteiger partial charge is 0.107 e. The normalized spacial score (nSPS) is 29.4. The molecule has 2 fully saturated rings. The first-order valence-corrected chi connectivity index (χ1v) is 6.19. The molecule has 3 rings (SSSR count). The highest BCUT2D eigenvalue weighted by atomic mass is 16.3. The second-order valence-electron chi connectivity index (χ2n) is 4.94. The standard InChI is InChI=1S/C13H19NO/c1-2-11-5-6-13(15-11)12-7-9(12)8-14-10-3-4-10/h5-6,9-10,12,14H,2-4,7-8H2,1H3. The summed E-state index contributed by atoms with van der Waals surface area (Å²) in [5.41, 5.74) is 0. The van der Waals surface area contributed by atoms with Gasteiger partial charge in [-0.3, -0.25) is 0 Å². The Labute approximate surface area is 91.0 Å². The first-order chi connectivity index (χ1) is 7.36. The lowest BCUT2D eigenvalue weighted by molar-refractivity contribution is 0.461. The zero-order chi connectivity index (χ0) is 10.3. The molecule has 2 heteroatoms. The minimum Gasteiger partial charge on any atom is -0.466 e. The molecule has 2 unspecified atom stereocenters. The van der Waals surface area contributed by atoms with Gasteiger partial charge in [-0.15, -0.1) is 0 Å². The van der Waals surface area contributed by atoms with E-state index in [9.17, 15) is 0 Å². The van der Waals surface area contributed by atoms with Crippen molar-refractivity contribution in [3.05, 3.63) is 23.7 Å². The third-order valence-electron chi connectivity index (χ3n) is 3.57. The summed E-state index contributed by atoms with van der Waals surface area (Å²) < 4.78 is 5.78. The van der Waals surface area contributed by atoms with Gasteiger partial charge in [0.25, 0.3) is 0 Å². The molecule has 2 aliphatic rings. The zero-order valence-electron chi connectivity index (χ0n) is 9.33. The molecule has 2 aliphatic carbocycles. The van der Waals surface area contributed by atoms with Gasteiger partial charge in [-0.1, -0.05) is 6.92 Å². The van der Waals surface area contributed by atoms with Gasteiger partial charge >= 0.3 is 0 Å². The van der Waals surface area contributed by atoms with E-state index in [-0.39, 0.29) is 0 Å². The summed E-state index contributed by atoms with van der Waals surface area (Å²) >= 11 is 0. The van der Waals surface area contributed by atoms with E-state index < -0.39 is 0 Å². The third-order valence-corrected chi connectivity index (χ3v) is 3.57. The molecule has 0 bridgehead atoms. The predicted molar refractivity (Wildman–Crippen MR) is 60.0 cm³/mol. The van der Waals surface area contributed by atoms with Gasteiger partial charge in [-0.2, -0.15) is 0 Å². The molecule has 2 saturated carbocycles. The molecule has 0 amide bonds. The molecule has 1 aromatic heterocycles. The topological polar surface area (TPSA) is 25.2 Å². The van der Waals surface area contributed by atoms with Crippen molar-refractivity contribution >= 4 is 0 Å². The van der Waals surface area contributed by atoms with Crippen molar-refractivity contribution in [3.63, 3.8) is 0 Å². The maximum Gasteiger partial charge on any atom is 0.107 e. The van der Waals surface area contributed by atoms with Gasteiger partial charge in [0.1, 0.15) is 11.5 Å². The largest absolute Gasteiger partial charge is 0.466 e. The molecule has 2 nitrogen and oxygen atoms in total. The average molecular weight is 205 g/mol. The molecule has 1 aromatic rings. The molecular formula is C13H19NO. The van der Waals surface area contributed by atoms with Gasteiger partial charge in [0.15, 0.2) is 0 Å². The highest BCUT2D eigenvalue weighted by molar-refractivity contribution is 5.18. The van der Waals surface area contributed by atoms with Crippen LogP contribution in [0.25, 0.3) is 0 Å². The minimum absolute atomic E-state index is 0.705. The van der Waals surface area contributed by atoms with E-state index in [4.69, 9.17) is 4.42 Å². The summed E-state index contributed by atoms with van der Waals surface area (Å²) in [5, 5.41) is 3.60. The van der Waals surface area contributed by atoms with E-state index >= 15 is 0 Å². The van der Waals surface area contributed by atoms with Crippen molar-refractivity contribution in [2.45, 2.75) is 44.6 Å². The van der Waals surface area contributed by atoms with Gasteiger partial charge in [0.2, 0.25) is 0 Å². The Morgan fingerprint density at radius 2 is 2.27 bits per heavy atom. The molecule has 82 valence electrons. The number of rotatable bonds is 5. The van der Waals surface area contributed by atoms with Gasteiger partial charge in [0.05, 0.1) is 0 Å². The Morgan fingerprint density at radius 3 is 2.93 bits per heavy atom. The Hall–Kier alpha value is -0.760. The van der Waals surface area contributed by atoms with Crippen molar-refractivity contribution in [1.29, 1.82) is 0 Å². The lowest BCUT2D eigenvalue weighted by atomic mass is 10.2. The summed E-state index contributed by atoms with van der Waals surface area (Å²) in [6.45, 7) is 3.33. The van der Waals surface area contributed by atoms with Crippen molar-refractivity contribution in [3.8, 4) is 0 Å². The molecule has 0 aromatic carbocycles. The Balaban J connectivity index is 1.51. The fourth-order valence-corrected chi connectivity index (χ4v) is 2.21. The average Bonchev–Trinajstić information content (AvgIpc) is 3.15. The second kappa shape index (κ2) is 3.67. The SMILES string of the molecule is CCc1ccc(C2CC2CNC2CC2)o1. The third kappa shape index (κ3) is 2.10. The van der Waals surface area contributed by atoms with E-state index in [1.807, 2.05) is 0 Å². The minimum atomic E-state index is 0.705. The van der Waals surface area contributed by atoms with Crippen LogP contribution in [0.3, 0.4) is 0 Å². The number of aryl methyl sites for hydroxylation is 1. The molecule has 2 atom stereocenters. The predicted octanol–water partition coefficient (Wildman–Crippen LogP) is 2.70. The summed E-state index contributed by atoms with van der Waals surface area (Å²) in [4.78, 5) is 0. The maximum absolute atomic E-state index is 5.78. The van der Waals surface area contributed by atoms with Crippen LogP contribution in [0.15, 0.2) is 16.5 Å². The maximum atomic E-state index is 5.78. The van der Waals surface area contributed by atoms with Crippen LogP contribution < -0.4 is 5.32 Å². The molecule has 0 spiro atoms.